The maximum atomic E-state index is 11.8. The summed E-state index contributed by atoms with van der Waals surface area (Å²) >= 11 is 14.8. The molecule has 0 unspecified atom stereocenters. The summed E-state index contributed by atoms with van der Waals surface area (Å²) in [5, 5.41) is 13.9. The average molecular weight is 336 g/mol. The molecule has 0 aliphatic carbocycles. The summed E-state index contributed by atoms with van der Waals surface area (Å²) in [6.07, 6.45) is 1.14. The molecule has 0 fully saturated rings. The van der Waals surface area contributed by atoms with Gasteiger partial charge in [0.05, 0.1) is 16.9 Å². The van der Waals surface area contributed by atoms with Crippen molar-refractivity contribution in [1.29, 1.82) is 0 Å². The molecular weight excluding hydrogens is 331 g/mol. The van der Waals surface area contributed by atoms with Crippen molar-refractivity contribution in [3.05, 3.63) is 49.3 Å². The van der Waals surface area contributed by atoms with E-state index < -0.39 is 5.56 Å². The summed E-state index contributed by atoms with van der Waals surface area (Å²) in [7, 11) is 0. The standard InChI is InChI=1S/C10H5BrCl2N2O2/c11-9-8(16)4-14-15(10(9)17)7-3-5(12)1-2-6(7)13/h1-4,16H. The van der Waals surface area contributed by atoms with Crippen LogP contribution in [-0.4, -0.2) is 14.9 Å². The van der Waals surface area contributed by atoms with E-state index in [0.29, 0.717) is 15.7 Å². The molecule has 1 N–H and O–H groups in total. The lowest BCUT2D eigenvalue weighted by Crippen LogP contribution is -2.21. The molecule has 1 aromatic heterocycles. The zero-order chi connectivity index (χ0) is 12.6. The molecule has 0 saturated carbocycles. The minimum atomic E-state index is -0.519. The van der Waals surface area contributed by atoms with Crippen LogP contribution in [0.25, 0.3) is 5.69 Å². The minimum absolute atomic E-state index is 0.0172. The van der Waals surface area contributed by atoms with Crippen LogP contribution in [0, 0.1) is 0 Å². The summed E-state index contributed by atoms with van der Waals surface area (Å²) in [4.78, 5) is 11.8. The van der Waals surface area contributed by atoms with Gasteiger partial charge in [0.1, 0.15) is 4.47 Å². The molecule has 88 valence electrons. The summed E-state index contributed by atoms with van der Waals surface area (Å²) in [5.41, 5.74) is -0.168. The highest BCUT2D eigenvalue weighted by atomic mass is 79.9. The van der Waals surface area contributed by atoms with Crippen LogP contribution in [0.5, 0.6) is 5.75 Å². The van der Waals surface area contributed by atoms with E-state index in [9.17, 15) is 9.90 Å². The van der Waals surface area contributed by atoms with Crippen LogP contribution in [0.3, 0.4) is 0 Å². The van der Waals surface area contributed by atoms with Crippen LogP contribution < -0.4 is 5.56 Å². The Kier molecular flexibility index (Phi) is 3.42. The maximum Gasteiger partial charge on any atom is 0.289 e. The van der Waals surface area contributed by atoms with Gasteiger partial charge in [0.2, 0.25) is 0 Å². The van der Waals surface area contributed by atoms with E-state index in [0.717, 1.165) is 10.9 Å². The van der Waals surface area contributed by atoms with E-state index in [1.165, 1.54) is 6.07 Å². The number of hydrogen-bond donors (Lipinski definition) is 1. The van der Waals surface area contributed by atoms with Crippen molar-refractivity contribution in [2.75, 3.05) is 0 Å². The molecule has 0 aliphatic rings. The second-order valence-electron chi connectivity index (χ2n) is 3.16. The molecule has 0 atom stereocenters. The van der Waals surface area contributed by atoms with Crippen molar-refractivity contribution >= 4 is 39.1 Å². The third kappa shape index (κ3) is 2.31. The highest BCUT2D eigenvalue weighted by Gasteiger charge is 2.12. The van der Waals surface area contributed by atoms with E-state index >= 15 is 0 Å². The zero-order valence-corrected chi connectivity index (χ0v) is 11.3. The number of rotatable bonds is 1. The zero-order valence-electron chi connectivity index (χ0n) is 8.19. The normalized spacial score (nSPS) is 10.5. The fourth-order valence-electron chi connectivity index (χ4n) is 1.24. The second-order valence-corrected chi connectivity index (χ2v) is 4.79. The lowest BCUT2D eigenvalue weighted by Gasteiger charge is -2.07. The molecule has 17 heavy (non-hydrogen) atoms. The average Bonchev–Trinajstić information content (AvgIpc) is 2.30. The quantitative estimate of drug-likeness (QED) is 0.871. The number of aromatic nitrogens is 2. The van der Waals surface area contributed by atoms with Crippen LogP contribution in [0.15, 0.2) is 33.7 Å². The molecule has 0 bridgehead atoms. The molecule has 0 saturated heterocycles. The first-order valence-corrected chi connectivity index (χ1v) is 5.98. The summed E-state index contributed by atoms with van der Waals surface area (Å²) in [5.74, 6) is -0.232. The number of aromatic hydroxyl groups is 1. The number of hydrogen-bond acceptors (Lipinski definition) is 3. The maximum absolute atomic E-state index is 11.8. The van der Waals surface area contributed by atoms with E-state index in [4.69, 9.17) is 23.2 Å². The van der Waals surface area contributed by atoms with Crippen molar-refractivity contribution < 1.29 is 5.11 Å². The molecule has 7 heteroatoms. The topological polar surface area (TPSA) is 55.1 Å². The Balaban J connectivity index is 2.73. The molecule has 0 aliphatic heterocycles. The lowest BCUT2D eigenvalue weighted by atomic mass is 10.3. The van der Waals surface area contributed by atoms with Gasteiger partial charge >= 0.3 is 0 Å². The van der Waals surface area contributed by atoms with Gasteiger partial charge in [0, 0.05) is 5.02 Å². The van der Waals surface area contributed by atoms with E-state index in [1.807, 2.05) is 0 Å². The largest absolute Gasteiger partial charge is 0.505 e. The monoisotopic (exact) mass is 334 g/mol. The van der Waals surface area contributed by atoms with Gasteiger partial charge in [-0.05, 0) is 34.1 Å². The summed E-state index contributed by atoms with van der Waals surface area (Å²) in [6, 6.07) is 4.68. The highest BCUT2D eigenvalue weighted by molar-refractivity contribution is 9.10. The van der Waals surface area contributed by atoms with Crippen LogP contribution in [0.2, 0.25) is 10.0 Å². The van der Waals surface area contributed by atoms with Gasteiger partial charge in [-0.1, -0.05) is 23.2 Å². The molecule has 4 nitrogen and oxygen atoms in total. The predicted molar refractivity (Wildman–Crippen MR) is 69.2 cm³/mol. The smallest absolute Gasteiger partial charge is 0.289 e. The van der Waals surface area contributed by atoms with Crippen LogP contribution in [-0.2, 0) is 0 Å². The first-order chi connectivity index (χ1) is 8.00. The SMILES string of the molecule is O=c1c(Br)c(O)cnn1-c1cc(Cl)ccc1Cl. The fraction of sp³-hybridized carbons (Fsp3) is 0. The van der Waals surface area contributed by atoms with Gasteiger partial charge < -0.3 is 5.11 Å². The van der Waals surface area contributed by atoms with E-state index in [1.54, 1.807) is 12.1 Å². The lowest BCUT2D eigenvalue weighted by molar-refractivity contribution is 0.463. The van der Waals surface area contributed by atoms with Crippen molar-refractivity contribution in [1.82, 2.24) is 9.78 Å². The van der Waals surface area contributed by atoms with Gasteiger partial charge in [-0.15, -0.1) is 0 Å². The van der Waals surface area contributed by atoms with Crippen LogP contribution >= 0.6 is 39.1 Å². The minimum Gasteiger partial charge on any atom is -0.505 e. The first-order valence-electron chi connectivity index (χ1n) is 4.43. The van der Waals surface area contributed by atoms with Crippen molar-refractivity contribution in [2.45, 2.75) is 0 Å². The highest BCUT2D eigenvalue weighted by Crippen LogP contribution is 2.24. The Hall–Kier alpha value is -1.04. The summed E-state index contributed by atoms with van der Waals surface area (Å²) < 4.78 is 1.07. The van der Waals surface area contributed by atoms with Gasteiger partial charge in [0.25, 0.3) is 5.56 Å². The van der Waals surface area contributed by atoms with Crippen molar-refractivity contribution in [2.24, 2.45) is 0 Å². The molecule has 0 radical (unpaired) electrons. The second kappa shape index (κ2) is 4.68. The molecule has 0 amide bonds. The fourth-order valence-corrected chi connectivity index (χ4v) is 1.88. The Labute approximate surface area is 115 Å². The third-order valence-electron chi connectivity index (χ3n) is 2.04. The molecular formula is C10H5BrCl2N2O2. The molecule has 2 aromatic rings. The van der Waals surface area contributed by atoms with E-state index in [2.05, 4.69) is 21.0 Å². The van der Waals surface area contributed by atoms with Gasteiger partial charge in [0.15, 0.2) is 5.75 Å². The number of halogens is 3. The molecule has 2 rings (SSSR count). The van der Waals surface area contributed by atoms with Crippen LogP contribution in [0.4, 0.5) is 0 Å². The van der Waals surface area contributed by atoms with Gasteiger partial charge in [-0.25, -0.2) is 0 Å². The van der Waals surface area contributed by atoms with Crippen molar-refractivity contribution in [3.8, 4) is 11.4 Å². The first kappa shape index (κ1) is 12.4. The Morgan fingerprint density at radius 1 is 1.35 bits per heavy atom. The number of benzene rings is 1. The molecule has 1 aromatic carbocycles. The Morgan fingerprint density at radius 3 is 2.76 bits per heavy atom. The van der Waals surface area contributed by atoms with Gasteiger partial charge in [-0.2, -0.15) is 9.78 Å². The Bertz CT molecular complexity index is 643. The molecule has 1 heterocycles. The summed E-state index contributed by atoms with van der Waals surface area (Å²) in [6.45, 7) is 0. The van der Waals surface area contributed by atoms with Crippen LogP contribution in [0.1, 0.15) is 0 Å². The third-order valence-corrected chi connectivity index (χ3v) is 3.34. The Morgan fingerprint density at radius 2 is 2.06 bits per heavy atom. The van der Waals surface area contributed by atoms with Gasteiger partial charge in [-0.3, -0.25) is 4.79 Å². The number of nitrogens with zero attached hydrogens (tertiary/aromatic N) is 2. The molecule has 0 spiro atoms. The van der Waals surface area contributed by atoms with E-state index in [-0.39, 0.29) is 10.2 Å². The predicted octanol–water partition coefficient (Wildman–Crippen LogP) is 3.01. The van der Waals surface area contributed by atoms with Crippen molar-refractivity contribution in [3.63, 3.8) is 0 Å².